The van der Waals surface area contributed by atoms with Gasteiger partial charge in [0.1, 0.15) is 0 Å². The van der Waals surface area contributed by atoms with Gasteiger partial charge in [-0.25, -0.2) is 0 Å². The molecule has 2 saturated heterocycles. The SMILES string of the molecule is CCO[C@@H]1CN(C2CCNCC2)C[C@@H]1OC. The summed E-state index contributed by atoms with van der Waals surface area (Å²) < 4.78 is 11.3. The summed E-state index contributed by atoms with van der Waals surface area (Å²) in [7, 11) is 1.79. The summed E-state index contributed by atoms with van der Waals surface area (Å²) in [6.45, 7) is 7.21. The van der Waals surface area contributed by atoms with Gasteiger partial charge in [0, 0.05) is 32.8 Å². The maximum absolute atomic E-state index is 5.75. The number of hydrogen-bond donors (Lipinski definition) is 1. The average Bonchev–Trinajstić information content (AvgIpc) is 2.74. The maximum atomic E-state index is 5.75. The lowest BCUT2D eigenvalue weighted by molar-refractivity contribution is -0.0233. The normalized spacial score (nSPS) is 33.4. The molecule has 0 aromatic carbocycles. The van der Waals surface area contributed by atoms with Crippen molar-refractivity contribution in [3.05, 3.63) is 0 Å². The van der Waals surface area contributed by atoms with Gasteiger partial charge in [-0.3, -0.25) is 4.90 Å². The molecule has 4 nitrogen and oxygen atoms in total. The Balaban J connectivity index is 1.87. The summed E-state index contributed by atoms with van der Waals surface area (Å²) in [4.78, 5) is 2.55. The van der Waals surface area contributed by atoms with Crippen LogP contribution in [0.25, 0.3) is 0 Å². The molecule has 0 amide bonds. The van der Waals surface area contributed by atoms with Crippen molar-refractivity contribution in [3.63, 3.8) is 0 Å². The van der Waals surface area contributed by atoms with Crippen LogP contribution in [0.5, 0.6) is 0 Å². The molecule has 0 bridgehead atoms. The molecule has 0 radical (unpaired) electrons. The van der Waals surface area contributed by atoms with Crippen LogP contribution in [0.15, 0.2) is 0 Å². The van der Waals surface area contributed by atoms with Crippen LogP contribution in [-0.2, 0) is 9.47 Å². The zero-order valence-corrected chi connectivity index (χ0v) is 10.4. The Bertz CT molecular complexity index is 207. The molecule has 2 fully saturated rings. The first kappa shape index (κ1) is 12.3. The number of hydrogen-bond acceptors (Lipinski definition) is 4. The summed E-state index contributed by atoms with van der Waals surface area (Å²) >= 11 is 0. The Kier molecular flexibility index (Phi) is 4.58. The first-order valence-electron chi connectivity index (χ1n) is 6.44. The fourth-order valence-corrected chi connectivity index (χ4v) is 2.84. The molecule has 0 spiro atoms. The van der Waals surface area contributed by atoms with Crippen molar-refractivity contribution in [3.8, 4) is 0 Å². The molecule has 0 saturated carbocycles. The van der Waals surface area contributed by atoms with Gasteiger partial charge in [-0.15, -0.1) is 0 Å². The maximum Gasteiger partial charge on any atom is 0.0975 e. The topological polar surface area (TPSA) is 33.7 Å². The van der Waals surface area contributed by atoms with E-state index in [4.69, 9.17) is 9.47 Å². The zero-order valence-electron chi connectivity index (χ0n) is 10.4. The van der Waals surface area contributed by atoms with Gasteiger partial charge >= 0.3 is 0 Å². The van der Waals surface area contributed by atoms with Gasteiger partial charge in [-0.1, -0.05) is 0 Å². The lowest BCUT2D eigenvalue weighted by Crippen LogP contribution is -2.42. The van der Waals surface area contributed by atoms with E-state index in [2.05, 4.69) is 17.1 Å². The van der Waals surface area contributed by atoms with Crippen molar-refractivity contribution in [1.29, 1.82) is 0 Å². The second-order valence-electron chi connectivity index (χ2n) is 4.70. The Morgan fingerprint density at radius 3 is 2.50 bits per heavy atom. The predicted octanol–water partition coefficient (Wildman–Crippen LogP) is 0.474. The van der Waals surface area contributed by atoms with Crippen LogP contribution in [0.2, 0.25) is 0 Å². The van der Waals surface area contributed by atoms with E-state index in [0.717, 1.165) is 38.8 Å². The van der Waals surface area contributed by atoms with Crippen LogP contribution in [0.3, 0.4) is 0 Å². The Hall–Kier alpha value is -0.160. The highest BCUT2D eigenvalue weighted by atomic mass is 16.5. The molecule has 0 aromatic heterocycles. The molecule has 94 valence electrons. The molecule has 0 aliphatic carbocycles. The number of nitrogens with zero attached hydrogens (tertiary/aromatic N) is 1. The molecule has 0 aromatic rings. The summed E-state index contributed by atoms with van der Waals surface area (Å²) in [6, 6.07) is 0.726. The van der Waals surface area contributed by atoms with E-state index < -0.39 is 0 Å². The molecule has 2 heterocycles. The third kappa shape index (κ3) is 2.74. The van der Waals surface area contributed by atoms with E-state index in [-0.39, 0.29) is 12.2 Å². The second-order valence-corrected chi connectivity index (χ2v) is 4.70. The van der Waals surface area contributed by atoms with E-state index in [9.17, 15) is 0 Å². The Morgan fingerprint density at radius 2 is 1.88 bits per heavy atom. The van der Waals surface area contributed by atoms with Gasteiger partial charge in [0.2, 0.25) is 0 Å². The number of methoxy groups -OCH3 is 1. The number of likely N-dealkylation sites (tertiary alicyclic amines) is 1. The van der Waals surface area contributed by atoms with Gasteiger partial charge in [-0.05, 0) is 32.9 Å². The van der Waals surface area contributed by atoms with Crippen molar-refractivity contribution in [2.24, 2.45) is 0 Å². The minimum Gasteiger partial charge on any atom is -0.377 e. The summed E-state index contributed by atoms with van der Waals surface area (Å²) in [5.74, 6) is 0. The molecule has 0 unspecified atom stereocenters. The molecule has 2 aliphatic rings. The van der Waals surface area contributed by atoms with E-state index in [1.807, 2.05) is 0 Å². The highest BCUT2D eigenvalue weighted by Crippen LogP contribution is 2.22. The van der Waals surface area contributed by atoms with Crippen LogP contribution < -0.4 is 5.32 Å². The highest BCUT2D eigenvalue weighted by Gasteiger charge is 2.36. The van der Waals surface area contributed by atoms with Crippen LogP contribution in [0.4, 0.5) is 0 Å². The molecule has 2 rings (SSSR count). The monoisotopic (exact) mass is 228 g/mol. The standard InChI is InChI=1S/C12H24N2O2/c1-3-16-12-9-14(8-11(12)15-2)10-4-6-13-7-5-10/h10-13H,3-9H2,1-2H3/t11-,12+/m0/s1. The predicted molar refractivity (Wildman–Crippen MR) is 63.7 cm³/mol. The number of rotatable bonds is 4. The van der Waals surface area contributed by atoms with Gasteiger partial charge in [-0.2, -0.15) is 0 Å². The first-order valence-corrected chi connectivity index (χ1v) is 6.44. The molecule has 16 heavy (non-hydrogen) atoms. The van der Waals surface area contributed by atoms with Gasteiger partial charge in [0.25, 0.3) is 0 Å². The van der Waals surface area contributed by atoms with Crippen molar-refractivity contribution in [1.82, 2.24) is 10.2 Å². The smallest absolute Gasteiger partial charge is 0.0975 e. The molecule has 2 aliphatic heterocycles. The summed E-state index contributed by atoms with van der Waals surface area (Å²) in [6.07, 6.45) is 3.05. The van der Waals surface area contributed by atoms with Crippen molar-refractivity contribution < 1.29 is 9.47 Å². The van der Waals surface area contributed by atoms with Gasteiger partial charge in [0.05, 0.1) is 12.2 Å². The van der Waals surface area contributed by atoms with E-state index in [1.165, 1.54) is 12.8 Å². The second kappa shape index (κ2) is 5.96. The zero-order chi connectivity index (χ0) is 11.4. The van der Waals surface area contributed by atoms with E-state index in [0.29, 0.717) is 0 Å². The molecule has 4 heteroatoms. The Morgan fingerprint density at radius 1 is 1.19 bits per heavy atom. The quantitative estimate of drug-likeness (QED) is 0.758. The molecule has 1 N–H and O–H groups in total. The summed E-state index contributed by atoms with van der Waals surface area (Å²) in [5, 5.41) is 3.41. The van der Waals surface area contributed by atoms with E-state index >= 15 is 0 Å². The van der Waals surface area contributed by atoms with Crippen LogP contribution in [0.1, 0.15) is 19.8 Å². The number of ether oxygens (including phenoxy) is 2. The fraction of sp³-hybridized carbons (Fsp3) is 1.00. The molecular formula is C12H24N2O2. The third-order valence-corrected chi connectivity index (χ3v) is 3.75. The van der Waals surface area contributed by atoms with Crippen LogP contribution in [-0.4, -0.2) is 63.0 Å². The highest BCUT2D eigenvalue weighted by molar-refractivity contribution is 4.91. The summed E-state index contributed by atoms with van der Waals surface area (Å²) in [5.41, 5.74) is 0. The average molecular weight is 228 g/mol. The van der Waals surface area contributed by atoms with Crippen LogP contribution in [0, 0.1) is 0 Å². The van der Waals surface area contributed by atoms with Gasteiger partial charge < -0.3 is 14.8 Å². The van der Waals surface area contributed by atoms with E-state index in [1.54, 1.807) is 7.11 Å². The van der Waals surface area contributed by atoms with Crippen molar-refractivity contribution in [2.75, 3.05) is 39.9 Å². The molecular weight excluding hydrogens is 204 g/mol. The lowest BCUT2D eigenvalue weighted by Gasteiger charge is -2.31. The minimum atomic E-state index is 0.259. The van der Waals surface area contributed by atoms with Crippen LogP contribution >= 0.6 is 0 Å². The first-order chi connectivity index (χ1) is 7.85. The third-order valence-electron chi connectivity index (χ3n) is 3.75. The largest absolute Gasteiger partial charge is 0.377 e. The number of piperidine rings is 1. The Labute approximate surface area is 98.3 Å². The fourth-order valence-electron chi connectivity index (χ4n) is 2.84. The van der Waals surface area contributed by atoms with Gasteiger partial charge in [0.15, 0.2) is 0 Å². The minimum absolute atomic E-state index is 0.259. The van der Waals surface area contributed by atoms with Crippen molar-refractivity contribution >= 4 is 0 Å². The lowest BCUT2D eigenvalue weighted by atomic mass is 10.1. The number of nitrogens with one attached hydrogen (secondary N) is 1. The van der Waals surface area contributed by atoms with Crippen molar-refractivity contribution in [2.45, 2.75) is 38.0 Å². The molecule has 2 atom stereocenters.